The third-order valence-electron chi connectivity index (χ3n) is 2.99. The maximum atomic E-state index is 11.3. The Balaban J connectivity index is 2.44. The summed E-state index contributed by atoms with van der Waals surface area (Å²) in [7, 11) is 0. The van der Waals surface area contributed by atoms with Gasteiger partial charge in [-0.2, -0.15) is 11.8 Å². The summed E-state index contributed by atoms with van der Waals surface area (Å²) in [6, 6.07) is 7.27. The number of thioether (sulfide) groups is 1. The van der Waals surface area contributed by atoms with E-state index < -0.39 is 0 Å². The van der Waals surface area contributed by atoms with Crippen molar-refractivity contribution in [3.05, 3.63) is 40.2 Å². The molecule has 96 valence electrons. The van der Waals surface area contributed by atoms with Gasteiger partial charge in [-0.05, 0) is 36.8 Å². The molecule has 0 aliphatic heterocycles. The zero-order valence-electron chi connectivity index (χ0n) is 10.7. The average molecular weight is 262 g/mol. The van der Waals surface area contributed by atoms with E-state index in [1.165, 1.54) is 6.07 Å². The summed E-state index contributed by atoms with van der Waals surface area (Å²) in [5, 5.41) is 1.30. The Kier molecular flexibility index (Phi) is 3.97. The van der Waals surface area contributed by atoms with Crippen LogP contribution in [0.5, 0.6) is 0 Å². The Labute approximate surface area is 111 Å². The molecule has 0 aliphatic carbocycles. The molecule has 0 amide bonds. The number of nitrogens with two attached hydrogens (primary N) is 1. The summed E-state index contributed by atoms with van der Waals surface area (Å²) in [6.07, 6.45) is 1.16. The van der Waals surface area contributed by atoms with Gasteiger partial charge in [0.15, 0.2) is 0 Å². The van der Waals surface area contributed by atoms with Crippen molar-refractivity contribution in [2.75, 3.05) is 11.5 Å². The van der Waals surface area contributed by atoms with Crippen molar-refractivity contribution >= 4 is 28.4 Å². The minimum absolute atomic E-state index is 0.0944. The molecule has 0 radical (unpaired) electrons. The molecule has 3 nitrogen and oxygen atoms in total. The maximum absolute atomic E-state index is 11.3. The second-order valence-electron chi connectivity index (χ2n) is 4.37. The van der Waals surface area contributed by atoms with Crippen LogP contribution in [-0.2, 0) is 0 Å². The number of benzene rings is 1. The van der Waals surface area contributed by atoms with Gasteiger partial charge < -0.3 is 10.7 Å². The Bertz CT molecular complexity index is 606. The summed E-state index contributed by atoms with van der Waals surface area (Å²) < 4.78 is 0. The van der Waals surface area contributed by atoms with E-state index in [9.17, 15) is 4.79 Å². The summed E-state index contributed by atoms with van der Waals surface area (Å²) in [5.74, 6) is 1.13. The van der Waals surface area contributed by atoms with E-state index in [0.717, 1.165) is 34.3 Å². The average Bonchev–Trinajstić information content (AvgIpc) is 2.36. The molecule has 0 saturated carbocycles. The van der Waals surface area contributed by atoms with Gasteiger partial charge in [-0.15, -0.1) is 0 Å². The largest absolute Gasteiger partial charge is 0.398 e. The first-order valence-electron chi connectivity index (χ1n) is 6.16. The number of aromatic amines is 1. The molecule has 1 aromatic carbocycles. The molecule has 3 N–H and O–H groups in total. The maximum Gasteiger partial charge on any atom is 0.248 e. The van der Waals surface area contributed by atoms with Crippen LogP contribution in [0.25, 0.3) is 10.9 Å². The Hall–Kier alpha value is -1.42. The summed E-state index contributed by atoms with van der Waals surface area (Å²) in [6.45, 7) is 4.34. The predicted molar refractivity (Wildman–Crippen MR) is 80.1 cm³/mol. The quantitative estimate of drug-likeness (QED) is 0.831. The lowest BCUT2D eigenvalue weighted by Crippen LogP contribution is -2.05. The summed E-state index contributed by atoms with van der Waals surface area (Å²) in [4.78, 5) is 14.1. The number of pyridine rings is 1. The number of anilines is 1. The predicted octanol–water partition coefficient (Wildman–Crippen LogP) is 3.31. The highest BCUT2D eigenvalue weighted by Crippen LogP contribution is 2.35. The van der Waals surface area contributed by atoms with E-state index in [1.54, 1.807) is 6.07 Å². The smallest absolute Gasteiger partial charge is 0.248 e. The van der Waals surface area contributed by atoms with Crippen LogP contribution >= 0.6 is 11.8 Å². The topological polar surface area (TPSA) is 58.9 Å². The van der Waals surface area contributed by atoms with E-state index in [0.29, 0.717) is 5.25 Å². The molecule has 0 aliphatic rings. The molecule has 1 unspecified atom stereocenters. The Morgan fingerprint density at radius 2 is 2.11 bits per heavy atom. The van der Waals surface area contributed by atoms with Crippen LogP contribution in [0.1, 0.15) is 31.1 Å². The first kappa shape index (κ1) is 13.0. The van der Waals surface area contributed by atoms with Crippen molar-refractivity contribution in [1.82, 2.24) is 4.98 Å². The van der Waals surface area contributed by atoms with Crippen molar-refractivity contribution in [3.63, 3.8) is 0 Å². The molecule has 4 heteroatoms. The highest BCUT2D eigenvalue weighted by molar-refractivity contribution is 7.99. The van der Waals surface area contributed by atoms with Crippen LogP contribution in [0, 0.1) is 0 Å². The first-order valence-corrected chi connectivity index (χ1v) is 7.21. The standard InChI is InChI=1S/C14H18N2OS/c1-3-8-18-9(2)10-4-6-12-11(14(10)15)5-7-13(17)16-12/h4-7,9H,3,8,15H2,1-2H3,(H,16,17). The molecule has 0 saturated heterocycles. The van der Waals surface area contributed by atoms with Gasteiger partial charge in [-0.1, -0.05) is 13.0 Å². The second-order valence-corrected chi connectivity index (χ2v) is 5.81. The number of H-pyrrole nitrogens is 1. The second kappa shape index (κ2) is 5.48. The van der Waals surface area contributed by atoms with Crippen LogP contribution in [-0.4, -0.2) is 10.7 Å². The van der Waals surface area contributed by atoms with Crippen LogP contribution in [0.3, 0.4) is 0 Å². The lowest BCUT2D eigenvalue weighted by atomic mass is 10.1. The van der Waals surface area contributed by atoms with Crippen molar-refractivity contribution < 1.29 is 0 Å². The lowest BCUT2D eigenvalue weighted by molar-refractivity contribution is 1.06. The van der Waals surface area contributed by atoms with Gasteiger partial charge >= 0.3 is 0 Å². The van der Waals surface area contributed by atoms with Gasteiger partial charge in [0, 0.05) is 22.4 Å². The minimum Gasteiger partial charge on any atom is -0.398 e. The van der Waals surface area contributed by atoms with Crippen molar-refractivity contribution in [2.45, 2.75) is 25.5 Å². The number of nitrogens with one attached hydrogen (secondary N) is 1. The molecular formula is C14H18N2OS. The van der Waals surface area contributed by atoms with Gasteiger partial charge in [0.05, 0.1) is 5.52 Å². The summed E-state index contributed by atoms with van der Waals surface area (Å²) in [5.41, 5.74) is 8.84. The monoisotopic (exact) mass is 262 g/mol. The zero-order chi connectivity index (χ0) is 13.1. The van der Waals surface area contributed by atoms with E-state index >= 15 is 0 Å². The van der Waals surface area contributed by atoms with Gasteiger partial charge in [0.2, 0.25) is 5.56 Å². The molecule has 18 heavy (non-hydrogen) atoms. The van der Waals surface area contributed by atoms with Crippen LogP contribution in [0.4, 0.5) is 5.69 Å². The molecule has 0 spiro atoms. The molecule has 1 heterocycles. The van der Waals surface area contributed by atoms with E-state index in [-0.39, 0.29) is 5.56 Å². The molecule has 0 fully saturated rings. The third kappa shape index (κ3) is 2.53. The van der Waals surface area contributed by atoms with Crippen LogP contribution < -0.4 is 11.3 Å². The summed E-state index contributed by atoms with van der Waals surface area (Å²) >= 11 is 1.90. The fourth-order valence-electron chi connectivity index (χ4n) is 2.01. The van der Waals surface area contributed by atoms with E-state index in [2.05, 4.69) is 18.8 Å². The molecule has 2 rings (SSSR count). The molecule has 2 aromatic rings. The SMILES string of the molecule is CCCSC(C)c1ccc2[nH]c(=O)ccc2c1N. The van der Waals surface area contributed by atoms with Gasteiger partial charge in [0.1, 0.15) is 0 Å². The minimum atomic E-state index is -0.0944. The van der Waals surface area contributed by atoms with Crippen molar-refractivity contribution in [3.8, 4) is 0 Å². The molecule has 1 aromatic heterocycles. The highest BCUT2D eigenvalue weighted by atomic mass is 32.2. The fourth-order valence-corrected chi connectivity index (χ4v) is 2.99. The van der Waals surface area contributed by atoms with Gasteiger partial charge in [0.25, 0.3) is 0 Å². The number of rotatable bonds is 4. The number of nitrogen functional groups attached to an aromatic ring is 1. The zero-order valence-corrected chi connectivity index (χ0v) is 11.5. The van der Waals surface area contributed by atoms with Crippen LogP contribution in [0.2, 0.25) is 0 Å². The normalized spacial score (nSPS) is 12.8. The Morgan fingerprint density at radius 1 is 1.33 bits per heavy atom. The van der Waals surface area contributed by atoms with Crippen molar-refractivity contribution in [2.24, 2.45) is 0 Å². The van der Waals surface area contributed by atoms with E-state index in [4.69, 9.17) is 5.73 Å². The molecule has 0 bridgehead atoms. The molecule has 1 atom stereocenters. The Morgan fingerprint density at radius 3 is 2.83 bits per heavy atom. The number of aromatic nitrogens is 1. The van der Waals surface area contributed by atoms with Crippen LogP contribution in [0.15, 0.2) is 29.1 Å². The van der Waals surface area contributed by atoms with Crippen molar-refractivity contribution in [1.29, 1.82) is 0 Å². The molecular weight excluding hydrogens is 244 g/mol. The first-order chi connectivity index (χ1) is 8.63. The van der Waals surface area contributed by atoms with Gasteiger partial charge in [-0.25, -0.2) is 0 Å². The number of hydrogen-bond donors (Lipinski definition) is 2. The number of fused-ring (bicyclic) bond motifs is 1. The lowest BCUT2D eigenvalue weighted by Gasteiger charge is -2.15. The highest BCUT2D eigenvalue weighted by Gasteiger charge is 2.11. The van der Waals surface area contributed by atoms with E-state index in [1.807, 2.05) is 23.9 Å². The third-order valence-corrected chi connectivity index (χ3v) is 4.39. The fraction of sp³-hybridized carbons (Fsp3) is 0.357. The van der Waals surface area contributed by atoms with Gasteiger partial charge in [-0.3, -0.25) is 4.79 Å². The number of hydrogen-bond acceptors (Lipinski definition) is 3.